The van der Waals surface area contributed by atoms with Crippen LogP contribution in [0.2, 0.25) is 0 Å². The first-order valence-corrected chi connectivity index (χ1v) is 5.09. The maximum atomic E-state index is 11.9. The molecule has 0 amide bonds. The van der Waals surface area contributed by atoms with Gasteiger partial charge in [-0.2, -0.15) is 0 Å². The molecular weight excluding hydrogens is 174 g/mol. The lowest BCUT2D eigenvalue weighted by Gasteiger charge is -2.24. The van der Waals surface area contributed by atoms with Gasteiger partial charge in [0, 0.05) is 17.2 Å². The fourth-order valence-corrected chi connectivity index (χ4v) is 1.85. The van der Waals surface area contributed by atoms with Gasteiger partial charge in [-0.3, -0.25) is 4.79 Å². The minimum absolute atomic E-state index is 0.275. The average Bonchev–Trinajstić information content (AvgIpc) is 2.00. The number of aryl methyl sites for hydroxylation is 1. The van der Waals surface area contributed by atoms with Crippen LogP contribution in [-0.2, 0) is 0 Å². The van der Waals surface area contributed by atoms with Crippen molar-refractivity contribution in [1.82, 2.24) is 0 Å². The van der Waals surface area contributed by atoms with Gasteiger partial charge in [-0.1, -0.05) is 6.42 Å². The highest BCUT2D eigenvalue weighted by Crippen LogP contribution is 2.30. The molecule has 1 aromatic carbocycles. The lowest BCUT2D eigenvalue weighted by atomic mass is 9.79. The van der Waals surface area contributed by atoms with Crippen molar-refractivity contribution >= 4 is 11.5 Å². The monoisotopic (exact) mass is 189 g/mol. The fourth-order valence-electron chi connectivity index (χ4n) is 1.85. The maximum Gasteiger partial charge on any atom is 0.166 e. The van der Waals surface area contributed by atoms with Crippen molar-refractivity contribution in [2.45, 2.75) is 26.2 Å². The van der Waals surface area contributed by atoms with Gasteiger partial charge in [0.15, 0.2) is 5.78 Å². The van der Waals surface area contributed by atoms with Gasteiger partial charge in [0.1, 0.15) is 0 Å². The predicted molar refractivity (Wildman–Crippen MR) is 57.3 cm³/mol. The third-order valence-corrected chi connectivity index (χ3v) is 2.99. The number of Topliss-reactive ketones (excluding diaryl/α,β-unsaturated/α-hetero) is 1. The van der Waals surface area contributed by atoms with E-state index in [9.17, 15) is 4.79 Å². The highest BCUT2D eigenvalue weighted by Gasteiger charge is 2.26. The molecule has 1 saturated carbocycles. The van der Waals surface area contributed by atoms with Crippen LogP contribution in [0, 0.1) is 12.8 Å². The van der Waals surface area contributed by atoms with Crippen LogP contribution >= 0.6 is 0 Å². The van der Waals surface area contributed by atoms with E-state index in [0.717, 1.165) is 29.7 Å². The van der Waals surface area contributed by atoms with Crippen LogP contribution in [-0.4, -0.2) is 5.78 Å². The zero-order valence-electron chi connectivity index (χ0n) is 8.42. The van der Waals surface area contributed by atoms with Crippen molar-refractivity contribution in [3.63, 3.8) is 0 Å². The molecule has 2 rings (SSSR count). The molecule has 1 aliphatic rings. The number of hydrogen-bond acceptors (Lipinski definition) is 2. The van der Waals surface area contributed by atoms with Crippen molar-refractivity contribution < 1.29 is 4.79 Å². The van der Waals surface area contributed by atoms with Crippen LogP contribution in [0.15, 0.2) is 18.2 Å². The van der Waals surface area contributed by atoms with Gasteiger partial charge in [-0.05, 0) is 43.5 Å². The molecule has 0 aliphatic heterocycles. The van der Waals surface area contributed by atoms with Gasteiger partial charge < -0.3 is 5.73 Å². The molecule has 0 heterocycles. The van der Waals surface area contributed by atoms with Crippen LogP contribution < -0.4 is 5.73 Å². The molecule has 0 bridgehead atoms. The van der Waals surface area contributed by atoms with Gasteiger partial charge in [-0.15, -0.1) is 0 Å². The highest BCUT2D eigenvalue weighted by atomic mass is 16.1. The number of ketones is 1. The highest BCUT2D eigenvalue weighted by molar-refractivity contribution is 5.99. The summed E-state index contributed by atoms with van der Waals surface area (Å²) in [4.78, 5) is 11.9. The minimum Gasteiger partial charge on any atom is -0.399 e. The van der Waals surface area contributed by atoms with Crippen molar-refractivity contribution in [2.24, 2.45) is 5.92 Å². The van der Waals surface area contributed by atoms with Gasteiger partial charge in [0.25, 0.3) is 0 Å². The standard InChI is InChI=1S/C12H15NO/c1-8-7-10(13)5-6-11(8)12(14)9-3-2-4-9/h5-7,9H,2-4,13H2,1H3. The Labute approximate surface area is 84.1 Å². The zero-order chi connectivity index (χ0) is 10.1. The molecule has 0 radical (unpaired) electrons. The van der Waals surface area contributed by atoms with E-state index in [4.69, 9.17) is 5.73 Å². The summed E-state index contributed by atoms with van der Waals surface area (Å²) in [6.07, 6.45) is 3.32. The average molecular weight is 189 g/mol. The molecule has 14 heavy (non-hydrogen) atoms. The molecule has 2 heteroatoms. The first-order valence-electron chi connectivity index (χ1n) is 5.09. The van der Waals surface area contributed by atoms with Crippen molar-refractivity contribution in [3.05, 3.63) is 29.3 Å². The zero-order valence-corrected chi connectivity index (χ0v) is 8.42. The number of carbonyl (C=O) groups excluding carboxylic acids is 1. The predicted octanol–water partition coefficient (Wildman–Crippen LogP) is 2.56. The molecule has 1 aliphatic carbocycles. The normalized spacial score (nSPS) is 16.4. The van der Waals surface area contributed by atoms with Crippen LogP contribution in [0.1, 0.15) is 35.2 Å². The molecule has 0 aromatic heterocycles. The van der Waals surface area contributed by atoms with Crippen LogP contribution in [0.5, 0.6) is 0 Å². The van der Waals surface area contributed by atoms with Crippen molar-refractivity contribution in [3.8, 4) is 0 Å². The Balaban J connectivity index is 2.26. The molecule has 1 fully saturated rings. The Hall–Kier alpha value is -1.31. The lowest BCUT2D eigenvalue weighted by Crippen LogP contribution is -2.22. The van der Waals surface area contributed by atoms with E-state index < -0.39 is 0 Å². The maximum absolute atomic E-state index is 11.9. The number of nitrogen functional groups attached to an aromatic ring is 1. The van der Waals surface area contributed by atoms with Crippen molar-refractivity contribution in [1.29, 1.82) is 0 Å². The van der Waals surface area contributed by atoms with Crippen LogP contribution in [0.25, 0.3) is 0 Å². The number of benzene rings is 1. The summed E-state index contributed by atoms with van der Waals surface area (Å²) >= 11 is 0. The van der Waals surface area contributed by atoms with E-state index in [2.05, 4.69) is 0 Å². The molecule has 0 atom stereocenters. The number of carbonyl (C=O) groups is 1. The Morgan fingerprint density at radius 2 is 2.14 bits per heavy atom. The molecule has 1 aromatic rings. The van der Waals surface area contributed by atoms with E-state index in [1.165, 1.54) is 6.42 Å². The number of nitrogens with two attached hydrogens (primary N) is 1. The fraction of sp³-hybridized carbons (Fsp3) is 0.417. The van der Waals surface area contributed by atoms with E-state index in [0.29, 0.717) is 5.78 Å². The van der Waals surface area contributed by atoms with E-state index in [1.807, 2.05) is 19.1 Å². The molecule has 0 spiro atoms. The summed E-state index contributed by atoms with van der Waals surface area (Å²) in [7, 11) is 0. The Morgan fingerprint density at radius 1 is 1.43 bits per heavy atom. The van der Waals surface area contributed by atoms with Crippen LogP contribution in [0.4, 0.5) is 5.69 Å². The third-order valence-electron chi connectivity index (χ3n) is 2.99. The Kier molecular flexibility index (Phi) is 2.28. The van der Waals surface area contributed by atoms with E-state index in [-0.39, 0.29) is 5.92 Å². The first kappa shape index (κ1) is 9.25. The number of rotatable bonds is 2. The molecule has 0 unspecified atom stereocenters. The summed E-state index contributed by atoms with van der Waals surface area (Å²) in [5, 5.41) is 0. The van der Waals surface area contributed by atoms with E-state index in [1.54, 1.807) is 6.07 Å². The van der Waals surface area contributed by atoms with Gasteiger partial charge in [0.05, 0.1) is 0 Å². The molecule has 74 valence electrons. The number of hydrogen-bond donors (Lipinski definition) is 1. The second-order valence-corrected chi connectivity index (χ2v) is 4.07. The summed E-state index contributed by atoms with van der Waals surface area (Å²) in [5.41, 5.74) is 8.22. The SMILES string of the molecule is Cc1cc(N)ccc1C(=O)C1CCC1. The largest absolute Gasteiger partial charge is 0.399 e. The Morgan fingerprint density at radius 3 is 2.64 bits per heavy atom. The summed E-state index contributed by atoms with van der Waals surface area (Å²) in [5.74, 6) is 0.575. The third kappa shape index (κ3) is 1.52. The van der Waals surface area contributed by atoms with Gasteiger partial charge >= 0.3 is 0 Å². The summed E-state index contributed by atoms with van der Waals surface area (Å²) < 4.78 is 0. The molecule has 2 nitrogen and oxygen atoms in total. The topological polar surface area (TPSA) is 43.1 Å². The summed E-state index contributed by atoms with van der Waals surface area (Å²) in [6.45, 7) is 1.95. The molecule has 2 N–H and O–H groups in total. The van der Waals surface area contributed by atoms with Gasteiger partial charge in [0.2, 0.25) is 0 Å². The lowest BCUT2D eigenvalue weighted by molar-refractivity contribution is 0.0854. The van der Waals surface area contributed by atoms with E-state index >= 15 is 0 Å². The minimum atomic E-state index is 0.275. The first-order chi connectivity index (χ1) is 6.68. The van der Waals surface area contributed by atoms with Crippen LogP contribution in [0.3, 0.4) is 0 Å². The molecule has 0 saturated heterocycles. The Bertz CT molecular complexity index is 367. The summed E-state index contributed by atoms with van der Waals surface area (Å²) in [6, 6.07) is 5.52. The molecular formula is C12H15NO. The second kappa shape index (κ2) is 3.45. The van der Waals surface area contributed by atoms with Gasteiger partial charge in [-0.25, -0.2) is 0 Å². The smallest absolute Gasteiger partial charge is 0.166 e. The quantitative estimate of drug-likeness (QED) is 0.574. The number of anilines is 1. The van der Waals surface area contributed by atoms with Crippen molar-refractivity contribution in [2.75, 3.05) is 5.73 Å². The second-order valence-electron chi connectivity index (χ2n) is 4.07.